The van der Waals surface area contributed by atoms with E-state index in [1.54, 1.807) is 18.2 Å². The minimum Gasteiger partial charge on any atom is -0.489 e. The van der Waals surface area contributed by atoms with Crippen molar-refractivity contribution in [3.8, 4) is 5.75 Å². The first-order chi connectivity index (χ1) is 18.5. The molecule has 7 heteroatoms. The Morgan fingerprint density at radius 1 is 0.895 bits per heavy atom. The van der Waals surface area contributed by atoms with E-state index in [0.29, 0.717) is 30.3 Å². The van der Waals surface area contributed by atoms with E-state index in [-0.39, 0.29) is 11.8 Å². The third-order valence-electron chi connectivity index (χ3n) is 6.99. The van der Waals surface area contributed by atoms with Crippen LogP contribution >= 0.6 is 11.6 Å². The summed E-state index contributed by atoms with van der Waals surface area (Å²) in [6.07, 6.45) is 13.9. The van der Waals surface area contributed by atoms with Gasteiger partial charge in [0.15, 0.2) is 0 Å². The van der Waals surface area contributed by atoms with Crippen molar-refractivity contribution < 1.29 is 14.3 Å². The largest absolute Gasteiger partial charge is 0.489 e. The van der Waals surface area contributed by atoms with Gasteiger partial charge in [-0.3, -0.25) is 9.59 Å². The molecule has 0 spiro atoms. The Labute approximate surface area is 228 Å². The van der Waals surface area contributed by atoms with Crippen molar-refractivity contribution in [2.45, 2.75) is 25.7 Å². The molecule has 2 aromatic carbocycles. The van der Waals surface area contributed by atoms with E-state index in [9.17, 15) is 9.59 Å². The number of piperazine rings is 1. The Balaban J connectivity index is 1.10. The standard InChI is InChI=1S/C31H32ClN3O3/c32-26-8-4-7-25(21-26)31(37)35-19-17-34(18-20-35)28-13-11-27(12-14-28)33-30(36)24-9-15-29(16-10-24)38-22-23-5-2-1-3-6-23/h2,5-6,8-16,21H,1,3-4,7,17-20,22H2,(H,33,36). The van der Waals surface area contributed by atoms with Crippen LogP contribution in [0, 0.1) is 0 Å². The number of ether oxygens (including phenoxy) is 1. The van der Waals surface area contributed by atoms with Gasteiger partial charge >= 0.3 is 0 Å². The van der Waals surface area contributed by atoms with Crippen molar-refractivity contribution in [1.29, 1.82) is 0 Å². The first kappa shape index (κ1) is 25.9. The molecular weight excluding hydrogens is 498 g/mol. The Morgan fingerprint density at radius 3 is 2.34 bits per heavy atom. The molecule has 1 N–H and O–H groups in total. The smallest absolute Gasteiger partial charge is 0.255 e. The minimum absolute atomic E-state index is 0.0901. The number of rotatable bonds is 7. The molecular formula is C31H32ClN3O3. The van der Waals surface area contributed by atoms with Gasteiger partial charge in [-0.1, -0.05) is 35.9 Å². The molecule has 6 nitrogen and oxygen atoms in total. The molecule has 2 aliphatic carbocycles. The molecule has 1 heterocycles. The lowest BCUT2D eigenvalue weighted by atomic mass is 10.0. The molecule has 1 fully saturated rings. The highest BCUT2D eigenvalue weighted by molar-refractivity contribution is 6.31. The zero-order valence-corrected chi connectivity index (χ0v) is 22.1. The fourth-order valence-corrected chi connectivity index (χ4v) is 5.05. The zero-order chi connectivity index (χ0) is 26.3. The Bertz CT molecular complexity index is 1280. The number of halogens is 1. The Kier molecular flexibility index (Phi) is 8.29. The lowest BCUT2D eigenvalue weighted by molar-refractivity contribution is -0.127. The van der Waals surface area contributed by atoms with Gasteiger partial charge in [0.05, 0.1) is 0 Å². The van der Waals surface area contributed by atoms with E-state index < -0.39 is 0 Å². The number of amides is 2. The molecule has 0 unspecified atom stereocenters. The number of hydrogen-bond donors (Lipinski definition) is 1. The molecule has 0 atom stereocenters. The summed E-state index contributed by atoms with van der Waals surface area (Å²) < 4.78 is 5.84. The number of hydrogen-bond acceptors (Lipinski definition) is 4. The van der Waals surface area contributed by atoms with E-state index in [2.05, 4.69) is 28.4 Å². The first-order valence-corrected chi connectivity index (χ1v) is 13.5. The van der Waals surface area contributed by atoms with E-state index in [4.69, 9.17) is 16.3 Å². The van der Waals surface area contributed by atoms with Crippen molar-refractivity contribution in [1.82, 2.24) is 4.90 Å². The third kappa shape index (κ3) is 6.56. The number of nitrogens with one attached hydrogen (secondary N) is 1. The number of carbonyl (C=O) groups is 2. The lowest BCUT2D eigenvalue weighted by Gasteiger charge is -2.36. The molecule has 38 heavy (non-hydrogen) atoms. The summed E-state index contributed by atoms with van der Waals surface area (Å²) >= 11 is 6.09. The predicted octanol–water partition coefficient (Wildman–Crippen LogP) is 6.09. The number of nitrogens with zero attached hydrogens (tertiary/aromatic N) is 2. The highest BCUT2D eigenvalue weighted by atomic mass is 35.5. The summed E-state index contributed by atoms with van der Waals surface area (Å²) in [4.78, 5) is 29.7. The van der Waals surface area contributed by atoms with E-state index in [1.807, 2.05) is 47.4 Å². The second-order valence-corrected chi connectivity index (χ2v) is 10.1. The van der Waals surface area contributed by atoms with Crippen molar-refractivity contribution in [3.05, 3.63) is 101 Å². The number of allylic oxidation sites excluding steroid dienone is 5. The number of benzene rings is 2. The highest BCUT2D eigenvalue weighted by Crippen LogP contribution is 2.24. The van der Waals surface area contributed by atoms with Crippen molar-refractivity contribution >= 4 is 34.8 Å². The molecule has 0 aromatic heterocycles. The first-order valence-electron chi connectivity index (χ1n) is 13.2. The molecule has 2 amide bonds. The summed E-state index contributed by atoms with van der Waals surface area (Å²) in [6, 6.07) is 15.0. The molecule has 3 aliphatic rings. The summed E-state index contributed by atoms with van der Waals surface area (Å²) in [5.74, 6) is 0.664. The van der Waals surface area contributed by atoms with Crippen LogP contribution in [-0.4, -0.2) is 49.5 Å². The SMILES string of the molecule is O=C(Nc1ccc(N2CCN(C(=O)C3=CC(Cl)=CCC3)CC2)cc1)c1ccc(OCC2=CCCC=C2)cc1. The predicted molar refractivity (Wildman–Crippen MR) is 153 cm³/mol. The maximum absolute atomic E-state index is 12.8. The molecule has 1 saturated heterocycles. The summed E-state index contributed by atoms with van der Waals surface area (Å²) in [5, 5.41) is 3.61. The molecule has 0 saturated carbocycles. The average molecular weight is 530 g/mol. The lowest BCUT2D eigenvalue weighted by Crippen LogP contribution is -2.49. The zero-order valence-electron chi connectivity index (χ0n) is 21.4. The molecule has 5 rings (SSSR count). The van der Waals surface area contributed by atoms with Crippen molar-refractivity contribution in [2.24, 2.45) is 0 Å². The number of anilines is 2. The highest BCUT2D eigenvalue weighted by Gasteiger charge is 2.24. The van der Waals surface area contributed by atoms with Crippen LogP contribution in [0.15, 0.2) is 95.1 Å². The van der Waals surface area contributed by atoms with Gasteiger partial charge < -0.3 is 19.9 Å². The third-order valence-corrected chi connectivity index (χ3v) is 7.25. The van der Waals surface area contributed by atoms with E-state index >= 15 is 0 Å². The van der Waals surface area contributed by atoms with Crippen LogP contribution in [0.25, 0.3) is 0 Å². The van der Waals surface area contributed by atoms with Gasteiger partial charge in [-0.2, -0.15) is 0 Å². The quantitative estimate of drug-likeness (QED) is 0.472. The summed E-state index contributed by atoms with van der Waals surface area (Å²) in [7, 11) is 0. The maximum Gasteiger partial charge on any atom is 0.255 e. The van der Waals surface area contributed by atoms with Gasteiger partial charge in [-0.15, -0.1) is 0 Å². The van der Waals surface area contributed by atoms with E-state index in [1.165, 1.54) is 5.57 Å². The van der Waals surface area contributed by atoms with Gasteiger partial charge in [0.1, 0.15) is 12.4 Å². The second kappa shape index (κ2) is 12.2. The van der Waals surface area contributed by atoms with Gasteiger partial charge in [0.2, 0.25) is 5.91 Å². The topological polar surface area (TPSA) is 61.9 Å². The molecule has 2 aromatic rings. The van der Waals surface area contributed by atoms with Gasteiger partial charge in [0, 0.05) is 53.7 Å². The van der Waals surface area contributed by atoms with Crippen LogP contribution in [0.4, 0.5) is 11.4 Å². The van der Waals surface area contributed by atoms with Crippen LogP contribution in [0.1, 0.15) is 36.0 Å². The molecule has 196 valence electrons. The normalized spacial score (nSPS) is 17.3. The summed E-state index contributed by atoms with van der Waals surface area (Å²) in [6.45, 7) is 3.39. The van der Waals surface area contributed by atoms with Crippen molar-refractivity contribution in [2.75, 3.05) is 43.0 Å². The van der Waals surface area contributed by atoms with Crippen LogP contribution in [-0.2, 0) is 4.79 Å². The molecule has 0 bridgehead atoms. The summed E-state index contributed by atoms with van der Waals surface area (Å²) in [5.41, 5.74) is 4.35. The molecule has 1 aliphatic heterocycles. The van der Waals surface area contributed by atoms with E-state index in [0.717, 1.165) is 61.5 Å². The van der Waals surface area contributed by atoms with Crippen LogP contribution in [0.3, 0.4) is 0 Å². The fourth-order valence-electron chi connectivity index (χ4n) is 4.81. The van der Waals surface area contributed by atoms with Crippen molar-refractivity contribution in [3.63, 3.8) is 0 Å². The second-order valence-electron chi connectivity index (χ2n) is 9.65. The van der Waals surface area contributed by atoms with Gasteiger partial charge in [0.25, 0.3) is 5.91 Å². The Hall–Kier alpha value is -3.77. The Morgan fingerprint density at radius 2 is 1.66 bits per heavy atom. The fraction of sp³-hybridized carbons (Fsp3) is 0.290. The maximum atomic E-state index is 12.8. The average Bonchev–Trinajstić information content (AvgIpc) is 2.97. The number of carbonyl (C=O) groups excluding carboxylic acids is 2. The minimum atomic E-state index is -0.165. The van der Waals surface area contributed by atoms with Gasteiger partial charge in [-0.25, -0.2) is 0 Å². The molecule has 0 radical (unpaired) electrons. The van der Waals surface area contributed by atoms with Crippen LogP contribution in [0.5, 0.6) is 5.75 Å². The van der Waals surface area contributed by atoms with Crippen LogP contribution in [0.2, 0.25) is 0 Å². The van der Waals surface area contributed by atoms with Gasteiger partial charge in [-0.05, 0) is 85.9 Å². The van der Waals surface area contributed by atoms with Crippen LogP contribution < -0.4 is 15.0 Å². The monoisotopic (exact) mass is 529 g/mol.